The highest BCUT2D eigenvalue weighted by Gasteiger charge is 2.26. The third kappa shape index (κ3) is 3.26. The van der Waals surface area contributed by atoms with Gasteiger partial charge in [0.2, 0.25) is 0 Å². The minimum atomic E-state index is 0.620. The molecule has 26 heavy (non-hydrogen) atoms. The van der Waals surface area contributed by atoms with Gasteiger partial charge in [0.05, 0.1) is 11.8 Å². The third-order valence-electron chi connectivity index (χ3n) is 4.61. The fourth-order valence-corrected chi connectivity index (χ4v) is 4.26. The lowest BCUT2D eigenvalue weighted by atomic mass is 9.95. The van der Waals surface area contributed by atoms with Gasteiger partial charge >= 0.3 is 0 Å². The van der Waals surface area contributed by atoms with Crippen LogP contribution in [0.1, 0.15) is 22.4 Å². The second kappa shape index (κ2) is 7.36. The molecule has 3 heterocycles. The fourth-order valence-electron chi connectivity index (χ4n) is 3.30. The zero-order chi connectivity index (χ0) is 17.9. The van der Waals surface area contributed by atoms with Crippen LogP contribution in [0.4, 0.5) is 0 Å². The molecule has 0 saturated heterocycles. The molecule has 1 aliphatic heterocycles. The molecule has 0 unspecified atom stereocenters. The number of benzene rings is 1. The number of nitrogens with zero attached hydrogens (tertiary/aromatic N) is 3. The van der Waals surface area contributed by atoms with E-state index in [1.54, 1.807) is 18.0 Å². The van der Waals surface area contributed by atoms with Crippen molar-refractivity contribution in [3.05, 3.63) is 71.1 Å². The van der Waals surface area contributed by atoms with E-state index in [-0.39, 0.29) is 0 Å². The zero-order valence-corrected chi connectivity index (χ0v) is 15.4. The molecule has 0 fully saturated rings. The Hall–Kier alpha value is -2.55. The summed E-state index contributed by atoms with van der Waals surface area (Å²) in [5.74, 6) is 1.54. The molecule has 0 N–H and O–H groups in total. The molecule has 0 saturated carbocycles. The summed E-state index contributed by atoms with van der Waals surface area (Å²) in [6.07, 6.45) is 2.55. The highest BCUT2D eigenvalue weighted by atomic mass is 32.2. The summed E-state index contributed by atoms with van der Waals surface area (Å²) in [5, 5.41) is 10.7. The topological polar surface area (TPSA) is 53.1 Å². The molecular formula is C21H19N3OS. The Morgan fingerprint density at radius 1 is 1.23 bits per heavy atom. The quantitative estimate of drug-likeness (QED) is 0.641. The van der Waals surface area contributed by atoms with Crippen molar-refractivity contribution in [2.75, 3.05) is 13.6 Å². The van der Waals surface area contributed by atoms with E-state index >= 15 is 0 Å². The summed E-state index contributed by atoms with van der Waals surface area (Å²) >= 11 is 1.62. The van der Waals surface area contributed by atoms with E-state index < -0.39 is 0 Å². The maximum atomic E-state index is 9.90. The number of hydrogen-bond acceptors (Lipinski definition) is 5. The van der Waals surface area contributed by atoms with Gasteiger partial charge in [0.25, 0.3) is 0 Å². The molecule has 0 aliphatic carbocycles. The maximum Gasteiger partial charge on any atom is 0.135 e. The summed E-state index contributed by atoms with van der Waals surface area (Å²) in [6, 6.07) is 16.5. The first-order valence-corrected chi connectivity index (χ1v) is 9.60. The molecule has 1 aliphatic rings. The second-order valence-electron chi connectivity index (χ2n) is 6.44. The van der Waals surface area contributed by atoms with Crippen LogP contribution < -0.4 is 0 Å². The summed E-state index contributed by atoms with van der Waals surface area (Å²) in [5.41, 5.74) is 4.96. The van der Waals surface area contributed by atoms with Gasteiger partial charge < -0.3 is 9.32 Å². The van der Waals surface area contributed by atoms with Gasteiger partial charge in [0.1, 0.15) is 16.9 Å². The van der Waals surface area contributed by atoms with Gasteiger partial charge in [0.15, 0.2) is 0 Å². The average molecular weight is 361 g/mol. The van der Waals surface area contributed by atoms with E-state index in [1.165, 1.54) is 5.56 Å². The molecule has 0 amide bonds. The number of nitriles is 1. The van der Waals surface area contributed by atoms with Crippen LogP contribution in [0.2, 0.25) is 0 Å². The van der Waals surface area contributed by atoms with Crippen molar-refractivity contribution < 1.29 is 4.42 Å². The first-order valence-electron chi connectivity index (χ1n) is 8.61. The zero-order valence-electron chi connectivity index (χ0n) is 14.6. The van der Waals surface area contributed by atoms with Crippen LogP contribution in [0.5, 0.6) is 0 Å². The van der Waals surface area contributed by atoms with E-state index in [1.807, 2.05) is 30.3 Å². The van der Waals surface area contributed by atoms with Gasteiger partial charge in [-0.1, -0.05) is 30.3 Å². The number of rotatable bonds is 4. The van der Waals surface area contributed by atoms with Crippen molar-refractivity contribution >= 4 is 11.8 Å². The molecule has 3 aromatic rings. The maximum absolute atomic E-state index is 9.90. The van der Waals surface area contributed by atoms with Crippen molar-refractivity contribution in [2.45, 2.75) is 23.7 Å². The first-order chi connectivity index (χ1) is 12.8. The highest BCUT2D eigenvalue weighted by Crippen LogP contribution is 2.38. The van der Waals surface area contributed by atoms with Gasteiger partial charge in [-0.25, -0.2) is 4.98 Å². The monoisotopic (exact) mass is 361 g/mol. The molecule has 5 heteroatoms. The van der Waals surface area contributed by atoms with Crippen molar-refractivity contribution in [1.29, 1.82) is 5.26 Å². The number of pyridine rings is 1. The van der Waals surface area contributed by atoms with Crippen LogP contribution in [-0.4, -0.2) is 23.5 Å². The molecule has 0 atom stereocenters. The van der Waals surface area contributed by atoms with Crippen LogP contribution in [0.3, 0.4) is 0 Å². The van der Waals surface area contributed by atoms with E-state index in [9.17, 15) is 5.26 Å². The smallest absolute Gasteiger partial charge is 0.135 e. The van der Waals surface area contributed by atoms with Crippen LogP contribution in [0, 0.1) is 11.3 Å². The minimum Gasteiger partial charge on any atom is -0.464 e. The normalized spacial score (nSPS) is 14.0. The molecule has 130 valence electrons. The average Bonchev–Trinajstić information content (AvgIpc) is 3.20. The van der Waals surface area contributed by atoms with E-state index in [0.29, 0.717) is 5.56 Å². The van der Waals surface area contributed by atoms with E-state index in [0.717, 1.165) is 52.9 Å². The summed E-state index contributed by atoms with van der Waals surface area (Å²) < 4.78 is 5.67. The van der Waals surface area contributed by atoms with Gasteiger partial charge in [-0.05, 0) is 24.7 Å². The van der Waals surface area contributed by atoms with Crippen molar-refractivity contribution in [3.63, 3.8) is 0 Å². The summed E-state index contributed by atoms with van der Waals surface area (Å²) in [6.45, 7) is 1.77. The fraction of sp³-hybridized carbons (Fsp3) is 0.238. The number of likely N-dealkylation sites (N-methyl/N-ethyl adjacent to an activating group) is 1. The Morgan fingerprint density at radius 3 is 2.81 bits per heavy atom. The number of hydrogen-bond donors (Lipinski definition) is 0. The van der Waals surface area contributed by atoms with Crippen molar-refractivity contribution in [3.8, 4) is 17.4 Å². The number of fused-ring (bicyclic) bond motifs is 1. The van der Waals surface area contributed by atoms with Gasteiger partial charge in [-0.2, -0.15) is 5.26 Å². The highest BCUT2D eigenvalue weighted by molar-refractivity contribution is 7.98. The van der Waals surface area contributed by atoms with E-state index in [2.05, 4.69) is 30.1 Å². The van der Waals surface area contributed by atoms with Crippen LogP contribution in [0.25, 0.3) is 11.3 Å². The molecule has 1 aromatic carbocycles. The molecule has 0 spiro atoms. The van der Waals surface area contributed by atoms with Crippen LogP contribution in [-0.2, 0) is 18.7 Å². The van der Waals surface area contributed by atoms with Gasteiger partial charge in [-0.15, -0.1) is 11.8 Å². The molecule has 0 bridgehead atoms. The number of furan rings is 1. The molecular weight excluding hydrogens is 342 g/mol. The van der Waals surface area contributed by atoms with Gasteiger partial charge in [-0.3, -0.25) is 0 Å². The summed E-state index contributed by atoms with van der Waals surface area (Å²) in [4.78, 5) is 7.13. The predicted molar refractivity (Wildman–Crippen MR) is 103 cm³/mol. The SMILES string of the molecule is CN1CCc2nc(SCc3ccccc3)c(C#N)c(-c3ccco3)c2C1. The standard InChI is InChI=1S/C21H19N3OS/c1-24-10-9-18-17(13-24)20(19-8-5-11-25-19)16(12-22)21(23-18)26-14-15-6-3-2-4-7-15/h2-8,11H,9-10,13-14H2,1H3. The molecule has 2 aromatic heterocycles. The molecule has 0 radical (unpaired) electrons. The Labute approximate surface area is 157 Å². The minimum absolute atomic E-state index is 0.620. The lowest BCUT2D eigenvalue weighted by molar-refractivity contribution is 0.309. The lowest BCUT2D eigenvalue weighted by Gasteiger charge is -2.27. The predicted octanol–water partition coefficient (Wildman–Crippen LogP) is 4.49. The molecule has 4 rings (SSSR count). The second-order valence-corrected chi connectivity index (χ2v) is 7.41. The Kier molecular flexibility index (Phi) is 4.79. The number of aromatic nitrogens is 1. The largest absolute Gasteiger partial charge is 0.464 e. The van der Waals surface area contributed by atoms with Crippen molar-refractivity contribution in [1.82, 2.24) is 9.88 Å². The first kappa shape index (κ1) is 16.9. The Bertz CT molecular complexity index is 946. The molecule has 4 nitrogen and oxygen atoms in total. The summed E-state index contributed by atoms with van der Waals surface area (Å²) in [7, 11) is 2.10. The van der Waals surface area contributed by atoms with E-state index in [4.69, 9.17) is 9.40 Å². The Balaban J connectivity index is 1.80. The van der Waals surface area contributed by atoms with Crippen LogP contribution in [0.15, 0.2) is 58.2 Å². The Morgan fingerprint density at radius 2 is 2.08 bits per heavy atom. The van der Waals surface area contributed by atoms with Gasteiger partial charge in [0, 0.05) is 42.1 Å². The third-order valence-corrected chi connectivity index (χ3v) is 5.65. The lowest BCUT2D eigenvalue weighted by Crippen LogP contribution is -2.28. The number of thioether (sulfide) groups is 1. The van der Waals surface area contributed by atoms with Crippen LogP contribution >= 0.6 is 11.8 Å². The van der Waals surface area contributed by atoms with Crippen molar-refractivity contribution in [2.24, 2.45) is 0 Å².